The summed E-state index contributed by atoms with van der Waals surface area (Å²) >= 11 is 0. The van der Waals surface area contributed by atoms with E-state index in [1.807, 2.05) is 48.5 Å². The highest BCUT2D eigenvalue weighted by atomic mass is 16.3. The van der Waals surface area contributed by atoms with Crippen molar-refractivity contribution in [1.82, 2.24) is 14.5 Å². The number of benzene rings is 6. The summed E-state index contributed by atoms with van der Waals surface area (Å²) in [5.74, 6) is 0.687. The standard InChI is InChI=1S/C40H25N3O/c1-3-12-26(13-4-1)33-25-34(27-14-5-2-6-15-27)42-40(41-33)28-16-11-17-29(24-28)43-35-20-9-7-19-32(35)38-36(43)23-22-31-30-18-8-10-21-37(30)44-39(31)38/h1-25H. The van der Waals surface area contributed by atoms with Crippen molar-refractivity contribution < 1.29 is 4.42 Å². The molecule has 4 nitrogen and oxygen atoms in total. The number of hydrogen-bond donors (Lipinski definition) is 0. The quantitative estimate of drug-likeness (QED) is 0.214. The number of hydrogen-bond acceptors (Lipinski definition) is 3. The number of aromatic nitrogens is 3. The molecule has 6 aromatic carbocycles. The third kappa shape index (κ3) is 3.85. The fourth-order valence-electron chi connectivity index (χ4n) is 6.39. The molecule has 9 aromatic rings. The molecule has 0 fully saturated rings. The van der Waals surface area contributed by atoms with E-state index in [4.69, 9.17) is 14.4 Å². The number of rotatable bonds is 4. The summed E-state index contributed by atoms with van der Waals surface area (Å²) in [6.45, 7) is 0. The van der Waals surface area contributed by atoms with Crippen molar-refractivity contribution in [3.05, 3.63) is 152 Å². The molecule has 44 heavy (non-hydrogen) atoms. The Labute approximate surface area is 253 Å². The highest BCUT2D eigenvalue weighted by Gasteiger charge is 2.19. The van der Waals surface area contributed by atoms with Crippen LogP contribution in [0.15, 0.2) is 156 Å². The summed E-state index contributed by atoms with van der Waals surface area (Å²) in [4.78, 5) is 10.2. The molecular weight excluding hydrogens is 538 g/mol. The first-order valence-corrected chi connectivity index (χ1v) is 14.8. The van der Waals surface area contributed by atoms with Crippen LogP contribution in [-0.4, -0.2) is 14.5 Å². The number of para-hydroxylation sites is 2. The van der Waals surface area contributed by atoms with E-state index >= 15 is 0 Å². The second kappa shape index (κ2) is 9.79. The highest BCUT2D eigenvalue weighted by Crippen LogP contribution is 2.40. The first-order chi connectivity index (χ1) is 21.8. The molecule has 4 heteroatoms. The zero-order chi connectivity index (χ0) is 29.0. The second-order valence-electron chi connectivity index (χ2n) is 11.0. The molecule has 0 unspecified atom stereocenters. The highest BCUT2D eigenvalue weighted by molar-refractivity contribution is 6.23. The zero-order valence-corrected chi connectivity index (χ0v) is 23.7. The van der Waals surface area contributed by atoms with Crippen LogP contribution < -0.4 is 0 Å². The van der Waals surface area contributed by atoms with E-state index in [0.717, 1.165) is 77.5 Å². The monoisotopic (exact) mass is 563 g/mol. The molecule has 206 valence electrons. The van der Waals surface area contributed by atoms with Crippen molar-refractivity contribution in [2.24, 2.45) is 0 Å². The number of fused-ring (bicyclic) bond motifs is 7. The lowest BCUT2D eigenvalue weighted by Gasteiger charge is -2.12. The van der Waals surface area contributed by atoms with Gasteiger partial charge in [-0.2, -0.15) is 0 Å². The van der Waals surface area contributed by atoms with E-state index in [1.54, 1.807) is 0 Å². The van der Waals surface area contributed by atoms with Gasteiger partial charge in [-0.15, -0.1) is 0 Å². The van der Waals surface area contributed by atoms with E-state index in [0.29, 0.717) is 5.82 Å². The summed E-state index contributed by atoms with van der Waals surface area (Å²) in [6, 6.07) is 52.4. The zero-order valence-electron chi connectivity index (χ0n) is 23.7. The van der Waals surface area contributed by atoms with Gasteiger partial charge in [0.05, 0.1) is 27.8 Å². The first-order valence-electron chi connectivity index (χ1n) is 14.8. The molecule has 0 radical (unpaired) electrons. The minimum absolute atomic E-state index is 0.687. The molecule has 0 spiro atoms. The Morgan fingerprint density at radius 2 is 1.09 bits per heavy atom. The molecule has 0 amide bonds. The summed E-state index contributed by atoms with van der Waals surface area (Å²) in [5.41, 5.74) is 9.93. The van der Waals surface area contributed by atoms with E-state index in [2.05, 4.69) is 108 Å². The summed E-state index contributed by atoms with van der Waals surface area (Å²) in [6.07, 6.45) is 0. The molecule has 3 aromatic heterocycles. The minimum atomic E-state index is 0.687. The van der Waals surface area contributed by atoms with Crippen LogP contribution in [0, 0.1) is 0 Å². The van der Waals surface area contributed by atoms with Gasteiger partial charge < -0.3 is 8.98 Å². The largest absolute Gasteiger partial charge is 0.455 e. The van der Waals surface area contributed by atoms with Gasteiger partial charge in [-0.1, -0.05) is 109 Å². The first kappa shape index (κ1) is 24.6. The Morgan fingerprint density at radius 3 is 1.84 bits per heavy atom. The Balaban J connectivity index is 1.27. The van der Waals surface area contributed by atoms with E-state index in [9.17, 15) is 0 Å². The van der Waals surface area contributed by atoms with Crippen LogP contribution in [0.1, 0.15) is 0 Å². The molecule has 0 saturated heterocycles. The Hall–Kier alpha value is -6.00. The van der Waals surface area contributed by atoms with Gasteiger partial charge in [-0.25, -0.2) is 9.97 Å². The molecule has 9 rings (SSSR count). The van der Waals surface area contributed by atoms with Gasteiger partial charge in [0.2, 0.25) is 0 Å². The SMILES string of the molecule is c1ccc(-c2cc(-c3ccccc3)nc(-c3cccc(-n4c5ccccc5c5c6oc7ccccc7c6ccc54)c3)n2)cc1. The van der Waals surface area contributed by atoms with Gasteiger partial charge in [0, 0.05) is 38.5 Å². The molecule has 3 heterocycles. The molecule has 0 bridgehead atoms. The Morgan fingerprint density at radius 1 is 0.455 bits per heavy atom. The predicted octanol–water partition coefficient (Wildman–Crippen LogP) is 10.5. The fraction of sp³-hybridized carbons (Fsp3) is 0. The summed E-state index contributed by atoms with van der Waals surface area (Å²) in [5, 5.41) is 4.54. The van der Waals surface area contributed by atoms with Crippen LogP contribution in [0.5, 0.6) is 0 Å². The van der Waals surface area contributed by atoms with E-state index in [-0.39, 0.29) is 0 Å². The van der Waals surface area contributed by atoms with Crippen LogP contribution >= 0.6 is 0 Å². The number of nitrogens with zero attached hydrogens (tertiary/aromatic N) is 3. The maximum absolute atomic E-state index is 6.49. The average Bonchev–Trinajstić information content (AvgIpc) is 3.65. The van der Waals surface area contributed by atoms with Gasteiger partial charge in [-0.3, -0.25) is 0 Å². The molecule has 0 N–H and O–H groups in total. The van der Waals surface area contributed by atoms with Gasteiger partial charge >= 0.3 is 0 Å². The number of furan rings is 1. The minimum Gasteiger partial charge on any atom is -0.455 e. The third-order valence-electron chi connectivity index (χ3n) is 8.41. The second-order valence-corrected chi connectivity index (χ2v) is 11.0. The predicted molar refractivity (Wildman–Crippen MR) is 180 cm³/mol. The third-order valence-corrected chi connectivity index (χ3v) is 8.41. The van der Waals surface area contributed by atoms with Crippen LogP contribution in [0.3, 0.4) is 0 Å². The molecule has 0 atom stereocenters. The van der Waals surface area contributed by atoms with Gasteiger partial charge in [0.15, 0.2) is 5.82 Å². The van der Waals surface area contributed by atoms with Crippen molar-refractivity contribution >= 4 is 43.7 Å². The maximum Gasteiger partial charge on any atom is 0.160 e. The van der Waals surface area contributed by atoms with Gasteiger partial charge in [0.25, 0.3) is 0 Å². The van der Waals surface area contributed by atoms with Crippen molar-refractivity contribution in [2.45, 2.75) is 0 Å². The van der Waals surface area contributed by atoms with Crippen LogP contribution in [0.2, 0.25) is 0 Å². The van der Waals surface area contributed by atoms with Crippen molar-refractivity contribution in [1.29, 1.82) is 0 Å². The molecule has 0 saturated carbocycles. The maximum atomic E-state index is 6.49. The van der Waals surface area contributed by atoms with Gasteiger partial charge in [0.1, 0.15) is 11.2 Å². The lowest BCUT2D eigenvalue weighted by molar-refractivity contribution is 0.673. The lowest BCUT2D eigenvalue weighted by atomic mass is 10.1. The Kier molecular flexibility index (Phi) is 5.47. The fourth-order valence-corrected chi connectivity index (χ4v) is 6.39. The normalized spacial score (nSPS) is 11.6. The smallest absolute Gasteiger partial charge is 0.160 e. The van der Waals surface area contributed by atoms with Crippen LogP contribution in [0.25, 0.3) is 83.3 Å². The topological polar surface area (TPSA) is 43.9 Å². The van der Waals surface area contributed by atoms with Gasteiger partial charge in [-0.05, 0) is 42.5 Å². The summed E-state index contributed by atoms with van der Waals surface area (Å²) < 4.78 is 8.81. The average molecular weight is 564 g/mol. The van der Waals surface area contributed by atoms with Crippen LogP contribution in [-0.2, 0) is 0 Å². The molecule has 0 aliphatic carbocycles. The van der Waals surface area contributed by atoms with Crippen molar-refractivity contribution in [3.8, 4) is 39.6 Å². The molecule has 0 aliphatic rings. The Bertz CT molecular complexity index is 2430. The van der Waals surface area contributed by atoms with E-state index in [1.165, 1.54) is 0 Å². The van der Waals surface area contributed by atoms with Crippen molar-refractivity contribution in [2.75, 3.05) is 0 Å². The van der Waals surface area contributed by atoms with Crippen molar-refractivity contribution in [3.63, 3.8) is 0 Å². The summed E-state index contributed by atoms with van der Waals surface area (Å²) in [7, 11) is 0. The van der Waals surface area contributed by atoms with E-state index < -0.39 is 0 Å². The lowest BCUT2D eigenvalue weighted by Crippen LogP contribution is -1.98. The molecule has 0 aliphatic heterocycles. The van der Waals surface area contributed by atoms with Crippen LogP contribution in [0.4, 0.5) is 0 Å². The molecular formula is C40H25N3O.